The number of carbonyl (C=O) groups is 2. The number of hydrogen-bond acceptors (Lipinski definition) is 2. The van der Waals surface area contributed by atoms with E-state index in [1.807, 2.05) is 0 Å². The van der Waals surface area contributed by atoms with E-state index in [-0.39, 0.29) is 16.0 Å². The van der Waals surface area contributed by atoms with Gasteiger partial charge < -0.3 is 15.7 Å². The van der Waals surface area contributed by atoms with Crippen LogP contribution in [0.3, 0.4) is 0 Å². The maximum atomic E-state index is 9.81. The van der Waals surface area contributed by atoms with Crippen molar-refractivity contribution >= 4 is 27.2 Å². The molecule has 0 heterocycles. The molecule has 0 aliphatic carbocycles. The van der Waals surface area contributed by atoms with Crippen LogP contribution >= 0.6 is 0 Å². The van der Waals surface area contributed by atoms with Crippen LogP contribution in [0, 0.1) is 0 Å². The third-order valence-electron chi connectivity index (χ3n) is 0.638. The van der Waals surface area contributed by atoms with E-state index in [1.54, 1.807) is 0 Å². The molecule has 0 amide bonds. The molecule has 6 heteroatoms. The van der Waals surface area contributed by atoms with Crippen LogP contribution in [-0.2, 0) is 9.59 Å². The van der Waals surface area contributed by atoms with E-state index in [0.29, 0.717) is 0 Å². The molecular weight excluding hydrogens is 155 g/mol. The van der Waals surface area contributed by atoms with Crippen LogP contribution in [0.1, 0.15) is 0 Å². The highest BCUT2D eigenvalue weighted by molar-refractivity contribution is 6.44. The molecule has 57 valence electrons. The summed E-state index contributed by atoms with van der Waals surface area (Å²) in [6.45, 7) is 0. The first-order valence-electron chi connectivity index (χ1n) is 2.38. The highest BCUT2D eigenvalue weighted by Crippen LogP contribution is 1.84. The lowest BCUT2D eigenvalue weighted by Gasteiger charge is -1.86. The van der Waals surface area contributed by atoms with Crippen molar-refractivity contribution in [2.75, 3.05) is 0 Å². The highest BCUT2D eigenvalue weighted by Gasteiger charge is 2.02. The summed E-state index contributed by atoms with van der Waals surface area (Å²) in [5.41, 5.74) is 0. The smallest absolute Gasteiger partial charge is 0.289 e. The van der Waals surface area contributed by atoms with Gasteiger partial charge in [-0.05, 0) is 10.6 Å². The third-order valence-corrected chi connectivity index (χ3v) is 1.91. The molecule has 0 bridgehead atoms. The third kappa shape index (κ3) is 10.4. The Labute approximate surface area is 63.7 Å². The lowest BCUT2D eigenvalue weighted by Crippen LogP contribution is -2.05. The summed E-state index contributed by atoms with van der Waals surface area (Å²) in [7, 11) is 0. The molecular formula is C4H8AlO5. The van der Waals surface area contributed by atoms with Crippen molar-refractivity contribution in [3.8, 4) is 0 Å². The largest absolute Gasteiger partial charge is 0.482 e. The van der Waals surface area contributed by atoms with Crippen LogP contribution < -0.4 is 0 Å². The molecule has 1 radical (unpaired) electrons. The molecule has 0 aromatic heterocycles. The Bertz CT molecular complexity index is 109. The fraction of sp³-hybridized carbons (Fsp3) is 0.500. The maximum Gasteiger partial charge on any atom is 0.289 e. The predicted molar refractivity (Wildman–Crippen MR) is 34.3 cm³/mol. The normalized spacial score (nSPS) is 7.60. The Hall–Kier alpha value is -0.568. The minimum absolute atomic E-state index is 0. The molecule has 0 aromatic rings. The molecule has 0 fully saturated rings. The van der Waals surface area contributed by atoms with Gasteiger partial charge in [-0.25, -0.2) is 0 Å². The van der Waals surface area contributed by atoms with Crippen molar-refractivity contribution < 1.29 is 25.3 Å². The van der Waals surface area contributed by atoms with Crippen molar-refractivity contribution in [2.24, 2.45) is 0 Å². The lowest BCUT2D eigenvalue weighted by molar-refractivity contribution is -0.134. The summed E-state index contributed by atoms with van der Waals surface area (Å²) >= 11 is -0.444. The summed E-state index contributed by atoms with van der Waals surface area (Å²) < 4.78 is 0. The standard InChI is InChI=1S/2C2H3O2.Al.H2O/c2*1-2(3)4;;/h2*1H2,(H,3,4);;1H2. The number of rotatable bonds is 4. The average molecular weight is 163 g/mol. The summed E-state index contributed by atoms with van der Waals surface area (Å²) in [5, 5.41) is 16.1. The van der Waals surface area contributed by atoms with Crippen LogP contribution in [0.2, 0.25) is 10.6 Å². The molecule has 0 saturated carbocycles. The minimum Gasteiger partial charge on any atom is -0.482 e. The van der Waals surface area contributed by atoms with Gasteiger partial charge >= 0.3 is 0 Å². The fourth-order valence-electron chi connectivity index (χ4n) is 0.319. The van der Waals surface area contributed by atoms with Gasteiger partial charge in [0.05, 0.1) is 0 Å². The summed E-state index contributed by atoms with van der Waals surface area (Å²) in [4.78, 5) is 19.6. The molecule has 4 N–H and O–H groups in total. The zero-order valence-corrected chi connectivity index (χ0v) is 6.36. The van der Waals surface area contributed by atoms with Gasteiger partial charge in [0.2, 0.25) is 15.2 Å². The second-order valence-corrected chi connectivity index (χ2v) is 2.88. The van der Waals surface area contributed by atoms with Gasteiger partial charge in [-0.2, -0.15) is 0 Å². The van der Waals surface area contributed by atoms with Gasteiger partial charge in [-0.15, -0.1) is 0 Å². The maximum absolute atomic E-state index is 9.81. The van der Waals surface area contributed by atoms with Gasteiger partial charge in [0.1, 0.15) is 0 Å². The second kappa shape index (κ2) is 6.55. The van der Waals surface area contributed by atoms with E-state index in [9.17, 15) is 9.59 Å². The summed E-state index contributed by atoms with van der Waals surface area (Å²) in [5.74, 6) is -1.82. The Morgan fingerprint density at radius 1 is 1.10 bits per heavy atom. The number of hydrogen-bond donors (Lipinski definition) is 2. The second-order valence-electron chi connectivity index (χ2n) is 1.48. The average Bonchev–Trinajstić information content (AvgIpc) is 1.63. The summed E-state index contributed by atoms with van der Waals surface area (Å²) in [6.07, 6.45) is 0. The first-order valence-corrected chi connectivity index (χ1v) is 4.01. The molecule has 0 atom stereocenters. The molecule has 0 aliphatic rings. The van der Waals surface area contributed by atoms with E-state index in [1.165, 1.54) is 0 Å². The highest BCUT2D eigenvalue weighted by atomic mass is 27.1. The monoisotopic (exact) mass is 163 g/mol. The minimum atomic E-state index is -0.911. The van der Waals surface area contributed by atoms with E-state index in [0.717, 1.165) is 0 Å². The van der Waals surface area contributed by atoms with Crippen molar-refractivity contribution in [3.63, 3.8) is 0 Å². The molecule has 0 aliphatic heterocycles. The molecule has 0 saturated heterocycles. The van der Waals surface area contributed by atoms with Crippen molar-refractivity contribution in [1.29, 1.82) is 0 Å². The number of aliphatic carboxylic acids is 2. The topological polar surface area (TPSA) is 106 Å². The Balaban J connectivity index is 0. The number of carboxylic acids is 2. The molecule has 10 heavy (non-hydrogen) atoms. The van der Waals surface area contributed by atoms with Gasteiger partial charge in [0, 0.05) is 0 Å². The first kappa shape index (κ1) is 12.1. The Morgan fingerprint density at radius 2 is 1.40 bits per heavy atom. The van der Waals surface area contributed by atoms with E-state index in [4.69, 9.17) is 10.2 Å². The van der Waals surface area contributed by atoms with E-state index >= 15 is 0 Å². The Morgan fingerprint density at radius 3 is 1.60 bits per heavy atom. The zero-order valence-electron chi connectivity index (χ0n) is 5.20. The molecule has 0 aromatic carbocycles. The van der Waals surface area contributed by atoms with Crippen LogP contribution in [0.4, 0.5) is 0 Å². The van der Waals surface area contributed by atoms with E-state index in [2.05, 4.69) is 0 Å². The molecule has 0 unspecified atom stereocenters. The van der Waals surface area contributed by atoms with Crippen molar-refractivity contribution in [2.45, 2.75) is 10.6 Å². The Kier molecular flexibility index (Phi) is 7.95. The quantitative estimate of drug-likeness (QED) is 0.511. The van der Waals surface area contributed by atoms with Gasteiger partial charge in [-0.1, -0.05) is 0 Å². The zero-order chi connectivity index (χ0) is 7.28. The van der Waals surface area contributed by atoms with Crippen molar-refractivity contribution in [3.05, 3.63) is 0 Å². The predicted octanol–water partition coefficient (Wildman–Crippen LogP) is -1.13. The van der Waals surface area contributed by atoms with E-state index < -0.39 is 27.2 Å². The molecule has 5 nitrogen and oxygen atoms in total. The fourth-order valence-corrected chi connectivity index (χ4v) is 0.957. The van der Waals surface area contributed by atoms with Crippen molar-refractivity contribution in [1.82, 2.24) is 0 Å². The van der Waals surface area contributed by atoms with Gasteiger partial charge in [0.25, 0.3) is 11.9 Å². The van der Waals surface area contributed by atoms with Crippen LogP contribution in [0.25, 0.3) is 0 Å². The van der Waals surface area contributed by atoms with Crippen LogP contribution in [0.5, 0.6) is 0 Å². The van der Waals surface area contributed by atoms with Crippen LogP contribution in [-0.4, -0.2) is 42.8 Å². The SMILES string of the molecule is O.O=C(O)[CH2][Al][CH2]C(=O)O. The van der Waals surface area contributed by atoms with Gasteiger partial charge in [0.15, 0.2) is 0 Å². The van der Waals surface area contributed by atoms with Crippen LogP contribution in [0.15, 0.2) is 0 Å². The molecule has 0 spiro atoms. The number of carboxylic acid groups (broad SMARTS) is 2. The lowest BCUT2D eigenvalue weighted by atomic mass is 10.8. The first-order chi connectivity index (χ1) is 4.13. The molecule has 0 rings (SSSR count). The summed E-state index contributed by atoms with van der Waals surface area (Å²) in [6, 6.07) is 0. The van der Waals surface area contributed by atoms with Gasteiger partial charge in [-0.3, -0.25) is 9.59 Å².